The summed E-state index contributed by atoms with van der Waals surface area (Å²) in [6.45, 7) is 0.277. The third-order valence-electron chi connectivity index (χ3n) is 4.50. The normalized spacial score (nSPS) is 14.3. The summed E-state index contributed by atoms with van der Waals surface area (Å²) in [5.41, 5.74) is 0.952. The number of hydrogen-bond acceptors (Lipinski definition) is 5. The van der Waals surface area contributed by atoms with Crippen molar-refractivity contribution in [2.24, 2.45) is 0 Å². The van der Waals surface area contributed by atoms with Gasteiger partial charge in [-0.05, 0) is 37.1 Å². The largest absolute Gasteiger partial charge is 0.335 e. The highest BCUT2D eigenvalue weighted by atomic mass is 35.5. The van der Waals surface area contributed by atoms with Crippen LogP contribution in [0.15, 0.2) is 41.3 Å². The molecule has 1 amide bonds. The van der Waals surface area contributed by atoms with Crippen LogP contribution in [0.3, 0.4) is 0 Å². The van der Waals surface area contributed by atoms with Gasteiger partial charge in [0.25, 0.3) is 5.91 Å². The van der Waals surface area contributed by atoms with E-state index in [-0.39, 0.29) is 33.1 Å². The summed E-state index contributed by atoms with van der Waals surface area (Å²) in [4.78, 5) is 18.8. The van der Waals surface area contributed by atoms with Gasteiger partial charge in [0.2, 0.25) is 10.0 Å². The maximum absolute atomic E-state index is 13.0. The summed E-state index contributed by atoms with van der Waals surface area (Å²) < 4.78 is 28.8. The number of rotatable bonds is 6. The molecule has 152 valence electrons. The number of carbonyl (C=O) groups excluding carboxylic acids is 1. The molecule has 10 heteroatoms. The Morgan fingerprint density at radius 1 is 1.24 bits per heavy atom. The van der Waals surface area contributed by atoms with E-state index in [1.54, 1.807) is 7.05 Å². The minimum Gasteiger partial charge on any atom is -0.335 e. The van der Waals surface area contributed by atoms with Crippen molar-refractivity contribution >= 4 is 60.7 Å². The smallest absolute Gasteiger partial charge is 0.255 e. The summed E-state index contributed by atoms with van der Waals surface area (Å²) in [6.07, 6.45) is 1.59. The number of amides is 1. The first kappa shape index (κ1) is 20.6. The minimum atomic E-state index is -3.82. The summed E-state index contributed by atoms with van der Waals surface area (Å²) in [7, 11) is -2.20. The van der Waals surface area contributed by atoms with Crippen molar-refractivity contribution in [2.75, 3.05) is 7.05 Å². The summed E-state index contributed by atoms with van der Waals surface area (Å²) in [5.74, 6) is -0.409. The number of hydrogen-bond donors (Lipinski definition) is 1. The van der Waals surface area contributed by atoms with Gasteiger partial charge < -0.3 is 4.90 Å². The predicted octanol–water partition coefficient (Wildman–Crippen LogP) is 4.32. The molecule has 1 aromatic heterocycles. The number of aromatic nitrogens is 1. The SMILES string of the molecule is CN(Cc1nc2ccccc2s1)C(=O)c1cc(S(=O)(=O)NC2CC2)c(Cl)cc1Cl. The summed E-state index contributed by atoms with van der Waals surface area (Å²) >= 11 is 13.8. The fraction of sp³-hybridized carbons (Fsp3) is 0.263. The van der Waals surface area contributed by atoms with E-state index in [4.69, 9.17) is 23.2 Å². The number of sulfonamides is 1. The van der Waals surface area contributed by atoms with Gasteiger partial charge in [-0.1, -0.05) is 35.3 Å². The van der Waals surface area contributed by atoms with Crippen LogP contribution >= 0.6 is 34.5 Å². The van der Waals surface area contributed by atoms with Crippen LogP contribution in [0.1, 0.15) is 28.2 Å². The van der Waals surface area contributed by atoms with Crippen LogP contribution in [0, 0.1) is 0 Å². The van der Waals surface area contributed by atoms with E-state index in [1.165, 1.54) is 28.4 Å². The third-order valence-corrected chi connectivity index (χ3v) is 7.82. The van der Waals surface area contributed by atoms with Crippen molar-refractivity contribution in [3.05, 3.63) is 57.0 Å². The Balaban J connectivity index is 1.60. The van der Waals surface area contributed by atoms with Crippen molar-refractivity contribution < 1.29 is 13.2 Å². The van der Waals surface area contributed by atoms with Gasteiger partial charge in [0.15, 0.2) is 0 Å². The van der Waals surface area contributed by atoms with Gasteiger partial charge in [0.05, 0.1) is 32.4 Å². The maximum Gasteiger partial charge on any atom is 0.255 e. The molecule has 1 saturated carbocycles. The zero-order valence-electron chi connectivity index (χ0n) is 15.4. The maximum atomic E-state index is 13.0. The molecule has 2 aromatic carbocycles. The molecule has 1 N–H and O–H groups in total. The highest BCUT2D eigenvalue weighted by Crippen LogP contribution is 2.31. The molecule has 0 unspecified atom stereocenters. The number of nitrogens with zero attached hydrogens (tertiary/aromatic N) is 2. The average molecular weight is 470 g/mol. The number of nitrogens with one attached hydrogen (secondary N) is 1. The van der Waals surface area contributed by atoms with Crippen molar-refractivity contribution in [1.82, 2.24) is 14.6 Å². The van der Waals surface area contributed by atoms with Gasteiger partial charge in [-0.3, -0.25) is 4.79 Å². The number of para-hydroxylation sites is 1. The average Bonchev–Trinajstić information content (AvgIpc) is 3.36. The molecule has 0 atom stereocenters. The standard InChI is InChI=1S/C19H17Cl2N3O3S2/c1-24(10-18-22-15-4-2-3-5-16(15)28-18)19(25)12-8-17(14(21)9-13(12)20)29(26,27)23-11-6-7-11/h2-5,8-9,11,23H,6-7,10H2,1H3. The molecule has 1 heterocycles. The van der Waals surface area contributed by atoms with E-state index >= 15 is 0 Å². The van der Waals surface area contributed by atoms with Crippen LogP contribution in [0.4, 0.5) is 0 Å². The van der Waals surface area contributed by atoms with Crippen LogP contribution in [-0.4, -0.2) is 37.3 Å². The van der Waals surface area contributed by atoms with Crippen molar-refractivity contribution in [2.45, 2.75) is 30.3 Å². The quantitative estimate of drug-likeness (QED) is 0.582. The number of fused-ring (bicyclic) bond motifs is 1. The molecule has 1 aliphatic carbocycles. The molecule has 0 spiro atoms. The second-order valence-electron chi connectivity index (χ2n) is 6.89. The van der Waals surface area contributed by atoms with Gasteiger partial charge >= 0.3 is 0 Å². The van der Waals surface area contributed by atoms with Crippen LogP contribution < -0.4 is 4.72 Å². The van der Waals surface area contributed by atoms with Gasteiger partial charge in [0.1, 0.15) is 9.90 Å². The van der Waals surface area contributed by atoms with E-state index in [9.17, 15) is 13.2 Å². The molecule has 0 bridgehead atoms. The fourth-order valence-corrected chi connectivity index (χ4v) is 6.03. The first-order chi connectivity index (χ1) is 13.7. The van der Waals surface area contributed by atoms with E-state index in [0.717, 1.165) is 28.1 Å². The number of benzene rings is 2. The zero-order chi connectivity index (χ0) is 20.8. The Hall–Kier alpha value is -1.71. The monoisotopic (exact) mass is 469 g/mol. The Morgan fingerprint density at radius 2 is 1.97 bits per heavy atom. The number of thiazole rings is 1. The minimum absolute atomic E-state index is 0.0199. The Bertz CT molecular complexity index is 1170. The Kier molecular flexibility index (Phi) is 5.56. The molecule has 1 aliphatic rings. The second-order valence-corrected chi connectivity index (χ2v) is 10.5. The number of halogens is 2. The highest BCUT2D eigenvalue weighted by molar-refractivity contribution is 7.89. The van der Waals surface area contributed by atoms with Crippen molar-refractivity contribution in [3.63, 3.8) is 0 Å². The lowest BCUT2D eigenvalue weighted by molar-refractivity contribution is 0.0785. The lowest BCUT2D eigenvalue weighted by Crippen LogP contribution is -2.28. The Labute approximate surface area is 182 Å². The summed E-state index contributed by atoms with van der Waals surface area (Å²) in [6, 6.07) is 10.2. The predicted molar refractivity (Wildman–Crippen MR) is 115 cm³/mol. The first-order valence-corrected chi connectivity index (χ1v) is 11.9. The van der Waals surface area contributed by atoms with Crippen LogP contribution in [0.25, 0.3) is 10.2 Å². The van der Waals surface area contributed by atoms with Crippen LogP contribution in [0.2, 0.25) is 10.0 Å². The highest BCUT2D eigenvalue weighted by Gasteiger charge is 2.30. The molecule has 3 aromatic rings. The summed E-state index contributed by atoms with van der Waals surface area (Å²) in [5, 5.41) is 0.852. The van der Waals surface area contributed by atoms with Crippen molar-refractivity contribution in [3.8, 4) is 0 Å². The molecule has 4 rings (SSSR count). The second kappa shape index (κ2) is 7.85. The molecule has 29 heavy (non-hydrogen) atoms. The molecular formula is C19H17Cl2N3O3S2. The van der Waals surface area contributed by atoms with Crippen LogP contribution in [0.5, 0.6) is 0 Å². The molecule has 0 aliphatic heterocycles. The topological polar surface area (TPSA) is 79.4 Å². The van der Waals surface area contributed by atoms with Gasteiger partial charge in [-0.25, -0.2) is 18.1 Å². The molecule has 0 radical (unpaired) electrons. The van der Waals surface area contributed by atoms with Gasteiger partial charge in [-0.15, -0.1) is 11.3 Å². The molecular weight excluding hydrogens is 453 g/mol. The number of carbonyl (C=O) groups is 1. The molecule has 6 nitrogen and oxygen atoms in total. The van der Waals surface area contributed by atoms with E-state index in [2.05, 4.69) is 9.71 Å². The third kappa shape index (κ3) is 4.41. The lowest BCUT2D eigenvalue weighted by Gasteiger charge is -2.18. The first-order valence-electron chi connectivity index (χ1n) is 8.86. The van der Waals surface area contributed by atoms with Gasteiger partial charge in [0, 0.05) is 13.1 Å². The van der Waals surface area contributed by atoms with E-state index in [0.29, 0.717) is 0 Å². The van der Waals surface area contributed by atoms with E-state index in [1.807, 2.05) is 24.3 Å². The Morgan fingerprint density at radius 3 is 2.66 bits per heavy atom. The zero-order valence-corrected chi connectivity index (χ0v) is 18.5. The fourth-order valence-electron chi connectivity index (χ4n) is 2.85. The molecule has 0 saturated heterocycles. The van der Waals surface area contributed by atoms with Gasteiger partial charge in [-0.2, -0.15) is 0 Å². The van der Waals surface area contributed by atoms with E-state index < -0.39 is 15.9 Å². The lowest BCUT2D eigenvalue weighted by atomic mass is 10.2. The van der Waals surface area contributed by atoms with Crippen molar-refractivity contribution in [1.29, 1.82) is 0 Å². The molecule has 1 fully saturated rings. The van der Waals surface area contributed by atoms with Crippen LogP contribution in [-0.2, 0) is 16.6 Å².